The lowest BCUT2D eigenvalue weighted by Gasteiger charge is -2.12. The van der Waals surface area contributed by atoms with Crippen LogP contribution in [0.4, 0.5) is 10.2 Å². The second-order valence-electron chi connectivity index (χ2n) is 6.49. The first-order valence-electron chi connectivity index (χ1n) is 8.78. The summed E-state index contributed by atoms with van der Waals surface area (Å²) in [4.78, 5) is 17.4. The van der Waals surface area contributed by atoms with E-state index in [2.05, 4.69) is 10.3 Å². The summed E-state index contributed by atoms with van der Waals surface area (Å²) < 4.78 is 16.2. The van der Waals surface area contributed by atoms with Gasteiger partial charge in [0.2, 0.25) is 5.91 Å². The molecule has 0 bridgehead atoms. The number of hydrogen-bond acceptors (Lipinski definition) is 2. The van der Waals surface area contributed by atoms with Gasteiger partial charge in [-0.05, 0) is 36.2 Å². The van der Waals surface area contributed by atoms with E-state index in [9.17, 15) is 9.18 Å². The average Bonchev–Trinajstić information content (AvgIpc) is 3.05. The Bertz CT molecular complexity index is 1160. The van der Waals surface area contributed by atoms with Crippen LogP contribution in [0, 0.1) is 12.7 Å². The van der Waals surface area contributed by atoms with Crippen LogP contribution in [0.15, 0.2) is 72.9 Å². The molecule has 1 unspecified atom stereocenters. The van der Waals surface area contributed by atoms with Crippen LogP contribution in [-0.2, 0) is 4.79 Å². The monoisotopic (exact) mass is 393 g/mol. The van der Waals surface area contributed by atoms with Gasteiger partial charge in [-0.2, -0.15) is 0 Å². The molecule has 0 saturated carbocycles. The fourth-order valence-corrected chi connectivity index (χ4v) is 3.26. The van der Waals surface area contributed by atoms with Gasteiger partial charge >= 0.3 is 0 Å². The van der Waals surface area contributed by atoms with Crippen LogP contribution in [0.1, 0.15) is 16.5 Å². The van der Waals surface area contributed by atoms with E-state index in [-0.39, 0.29) is 0 Å². The number of nitrogens with zero attached hydrogens (tertiary/aromatic N) is 2. The highest BCUT2D eigenvalue weighted by Gasteiger charge is 2.23. The minimum Gasteiger partial charge on any atom is -0.308 e. The molecule has 2 aromatic carbocycles. The molecule has 0 saturated heterocycles. The Balaban J connectivity index is 1.81. The van der Waals surface area contributed by atoms with Crippen molar-refractivity contribution >= 4 is 29.0 Å². The first kappa shape index (κ1) is 18.2. The number of carbonyl (C=O) groups excluding carboxylic acids is 1. The topological polar surface area (TPSA) is 46.4 Å². The van der Waals surface area contributed by atoms with E-state index in [1.807, 2.05) is 43.5 Å². The molecule has 0 aliphatic carbocycles. The molecule has 4 aromatic rings. The summed E-state index contributed by atoms with van der Waals surface area (Å²) in [6, 6.07) is 19.1. The molecule has 0 radical (unpaired) electrons. The average molecular weight is 394 g/mol. The molecular weight excluding hydrogens is 377 g/mol. The van der Waals surface area contributed by atoms with Crippen LogP contribution in [0.3, 0.4) is 0 Å². The number of benzene rings is 2. The summed E-state index contributed by atoms with van der Waals surface area (Å²) in [5, 5.41) is 1.96. The Hall–Kier alpha value is -3.18. The van der Waals surface area contributed by atoms with Crippen molar-refractivity contribution in [3.8, 4) is 11.3 Å². The second-order valence-corrected chi connectivity index (χ2v) is 6.92. The lowest BCUT2D eigenvalue weighted by Crippen LogP contribution is -2.19. The maximum atomic E-state index is 14.4. The molecule has 28 heavy (non-hydrogen) atoms. The van der Waals surface area contributed by atoms with Gasteiger partial charge in [-0.25, -0.2) is 9.37 Å². The van der Waals surface area contributed by atoms with Gasteiger partial charge in [-0.1, -0.05) is 48.5 Å². The fourth-order valence-electron chi connectivity index (χ4n) is 3.06. The maximum Gasteiger partial charge on any atom is 0.248 e. The van der Waals surface area contributed by atoms with E-state index in [0.717, 1.165) is 5.56 Å². The predicted octanol–water partition coefficient (Wildman–Crippen LogP) is 5.37. The van der Waals surface area contributed by atoms with Crippen molar-refractivity contribution in [2.75, 3.05) is 5.32 Å². The van der Waals surface area contributed by atoms with Gasteiger partial charge < -0.3 is 5.32 Å². The number of rotatable bonds is 4. The van der Waals surface area contributed by atoms with Crippen LogP contribution in [0.5, 0.6) is 0 Å². The molecule has 0 aliphatic heterocycles. The van der Waals surface area contributed by atoms with E-state index in [1.165, 1.54) is 6.07 Å². The van der Waals surface area contributed by atoms with Crippen LogP contribution < -0.4 is 5.32 Å². The van der Waals surface area contributed by atoms with Crippen molar-refractivity contribution in [3.63, 3.8) is 0 Å². The van der Waals surface area contributed by atoms with Crippen molar-refractivity contribution in [2.24, 2.45) is 0 Å². The molecule has 2 heterocycles. The minimum absolute atomic E-state index is 0.310. The SMILES string of the molecule is Cc1ccc2nc(-c3ccccc3F)c(NC(=O)C(Cl)c3ccccc3)n2c1. The maximum absolute atomic E-state index is 14.4. The molecule has 0 spiro atoms. The Morgan fingerprint density at radius 2 is 1.79 bits per heavy atom. The number of pyridine rings is 1. The van der Waals surface area contributed by atoms with Gasteiger partial charge in [0.25, 0.3) is 0 Å². The van der Waals surface area contributed by atoms with E-state index in [1.54, 1.807) is 34.7 Å². The molecule has 4 rings (SSSR count). The molecule has 4 nitrogen and oxygen atoms in total. The zero-order valence-electron chi connectivity index (χ0n) is 15.1. The number of carbonyl (C=O) groups is 1. The molecule has 1 atom stereocenters. The van der Waals surface area contributed by atoms with Crippen molar-refractivity contribution in [2.45, 2.75) is 12.3 Å². The van der Waals surface area contributed by atoms with Crippen LogP contribution >= 0.6 is 11.6 Å². The number of imidazole rings is 1. The van der Waals surface area contributed by atoms with Crippen LogP contribution in [-0.4, -0.2) is 15.3 Å². The number of halogens is 2. The summed E-state index contributed by atoms with van der Waals surface area (Å²) in [5.41, 5.74) is 2.93. The molecule has 0 aliphatic rings. The molecule has 140 valence electrons. The lowest BCUT2D eigenvalue weighted by atomic mass is 10.1. The number of anilines is 1. The molecule has 0 fully saturated rings. The number of amides is 1. The van der Waals surface area contributed by atoms with Crippen molar-refractivity contribution in [1.29, 1.82) is 0 Å². The number of alkyl halides is 1. The number of aromatic nitrogens is 2. The zero-order chi connectivity index (χ0) is 19.7. The Morgan fingerprint density at radius 3 is 2.54 bits per heavy atom. The molecular formula is C22H17ClFN3O. The smallest absolute Gasteiger partial charge is 0.248 e. The highest BCUT2D eigenvalue weighted by molar-refractivity contribution is 6.32. The number of nitrogens with one attached hydrogen (secondary N) is 1. The zero-order valence-corrected chi connectivity index (χ0v) is 15.8. The van der Waals surface area contributed by atoms with E-state index < -0.39 is 17.1 Å². The quantitative estimate of drug-likeness (QED) is 0.474. The third-order valence-electron chi connectivity index (χ3n) is 4.46. The van der Waals surface area contributed by atoms with Gasteiger partial charge in [0.15, 0.2) is 0 Å². The lowest BCUT2D eigenvalue weighted by molar-refractivity contribution is -0.116. The van der Waals surface area contributed by atoms with E-state index in [0.29, 0.717) is 28.3 Å². The Labute approximate surface area is 166 Å². The van der Waals surface area contributed by atoms with Gasteiger partial charge in [0.05, 0.1) is 0 Å². The predicted molar refractivity (Wildman–Crippen MR) is 109 cm³/mol. The molecule has 6 heteroatoms. The second kappa shape index (κ2) is 7.44. The summed E-state index contributed by atoms with van der Waals surface area (Å²) in [5.74, 6) is -0.437. The summed E-state index contributed by atoms with van der Waals surface area (Å²) >= 11 is 6.37. The highest BCUT2D eigenvalue weighted by atomic mass is 35.5. The fraction of sp³-hybridized carbons (Fsp3) is 0.0909. The van der Waals surface area contributed by atoms with Crippen molar-refractivity contribution < 1.29 is 9.18 Å². The summed E-state index contributed by atoms with van der Waals surface area (Å²) in [6.07, 6.45) is 1.84. The van der Waals surface area contributed by atoms with Gasteiger partial charge in [0.1, 0.15) is 28.4 Å². The van der Waals surface area contributed by atoms with Crippen molar-refractivity contribution in [3.05, 3.63) is 89.9 Å². The van der Waals surface area contributed by atoms with E-state index >= 15 is 0 Å². The number of aryl methyl sites for hydroxylation is 1. The van der Waals surface area contributed by atoms with Gasteiger partial charge in [0, 0.05) is 11.8 Å². The largest absolute Gasteiger partial charge is 0.308 e. The number of fused-ring (bicyclic) bond motifs is 1. The van der Waals surface area contributed by atoms with E-state index in [4.69, 9.17) is 11.6 Å². The number of hydrogen-bond donors (Lipinski definition) is 1. The molecule has 1 amide bonds. The van der Waals surface area contributed by atoms with Gasteiger partial charge in [-0.15, -0.1) is 11.6 Å². The molecule has 2 aromatic heterocycles. The standard InChI is InChI=1S/C22H17ClFN3O/c1-14-11-12-18-25-20(16-9-5-6-10-17(16)24)21(27(18)13-14)26-22(28)19(23)15-7-3-2-4-8-15/h2-13,19H,1H3,(H,26,28). The van der Waals surface area contributed by atoms with Crippen molar-refractivity contribution in [1.82, 2.24) is 9.38 Å². The van der Waals surface area contributed by atoms with Crippen LogP contribution in [0.25, 0.3) is 16.9 Å². The molecule has 1 N–H and O–H groups in total. The summed E-state index contributed by atoms with van der Waals surface area (Å²) in [6.45, 7) is 1.93. The summed E-state index contributed by atoms with van der Waals surface area (Å²) in [7, 11) is 0. The third-order valence-corrected chi connectivity index (χ3v) is 4.91. The first-order chi connectivity index (χ1) is 13.5. The Morgan fingerprint density at radius 1 is 1.07 bits per heavy atom. The minimum atomic E-state index is -0.884. The Kier molecular flexibility index (Phi) is 4.84. The normalized spacial score (nSPS) is 12.1. The highest BCUT2D eigenvalue weighted by Crippen LogP contribution is 2.32. The van der Waals surface area contributed by atoms with Crippen LogP contribution in [0.2, 0.25) is 0 Å². The van der Waals surface area contributed by atoms with Gasteiger partial charge in [-0.3, -0.25) is 9.20 Å². The first-order valence-corrected chi connectivity index (χ1v) is 9.22. The third kappa shape index (κ3) is 3.37.